The number of aromatic nitrogens is 1. The Morgan fingerprint density at radius 1 is 1.50 bits per heavy atom. The van der Waals surface area contributed by atoms with Crippen LogP contribution in [0.15, 0.2) is 12.3 Å². The first kappa shape index (κ1) is 13.0. The third kappa shape index (κ3) is 2.25. The highest BCUT2D eigenvalue weighted by atomic mass is 16.5. The van der Waals surface area contributed by atoms with Gasteiger partial charge in [-0.1, -0.05) is 0 Å². The monoisotopic (exact) mass is 248 g/mol. The first-order chi connectivity index (χ1) is 8.59. The van der Waals surface area contributed by atoms with E-state index in [2.05, 4.69) is 4.98 Å². The molecule has 98 valence electrons. The van der Waals surface area contributed by atoms with Gasteiger partial charge in [-0.3, -0.25) is 4.79 Å². The van der Waals surface area contributed by atoms with Gasteiger partial charge in [-0.2, -0.15) is 0 Å². The van der Waals surface area contributed by atoms with Crippen LogP contribution in [-0.4, -0.2) is 23.0 Å². The van der Waals surface area contributed by atoms with Crippen molar-refractivity contribution < 1.29 is 9.53 Å². The van der Waals surface area contributed by atoms with E-state index in [9.17, 15) is 4.79 Å². The molecule has 18 heavy (non-hydrogen) atoms. The Morgan fingerprint density at radius 2 is 2.17 bits per heavy atom. The van der Waals surface area contributed by atoms with Crippen LogP contribution in [0.1, 0.15) is 48.5 Å². The number of nitrogens with zero attached hydrogens (tertiary/aromatic N) is 1. The summed E-state index contributed by atoms with van der Waals surface area (Å²) in [6.07, 6.45) is 5.31. The summed E-state index contributed by atoms with van der Waals surface area (Å²) in [6, 6.07) is 1.81. The lowest BCUT2D eigenvalue weighted by atomic mass is 9.90. The van der Waals surface area contributed by atoms with Crippen LogP contribution in [0.25, 0.3) is 0 Å². The molecular formula is C14H20N2O2. The van der Waals surface area contributed by atoms with E-state index < -0.39 is 5.60 Å². The fourth-order valence-corrected chi connectivity index (χ4v) is 2.67. The summed E-state index contributed by atoms with van der Waals surface area (Å²) in [5.74, 6) is 0.298. The molecule has 0 spiro atoms. The Bertz CT molecular complexity index is 451. The van der Waals surface area contributed by atoms with Gasteiger partial charge in [-0.15, -0.1) is 0 Å². The molecule has 1 aliphatic carbocycles. The number of ketones is 1. The highest BCUT2D eigenvalue weighted by Gasteiger charge is 2.43. The van der Waals surface area contributed by atoms with Gasteiger partial charge >= 0.3 is 0 Å². The van der Waals surface area contributed by atoms with E-state index in [0.29, 0.717) is 18.0 Å². The van der Waals surface area contributed by atoms with E-state index in [1.54, 1.807) is 6.20 Å². The van der Waals surface area contributed by atoms with Crippen LogP contribution in [0.5, 0.6) is 0 Å². The minimum atomic E-state index is -0.668. The van der Waals surface area contributed by atoms with E-state index in [0.717, 1.165) is 31.2 Å². The van der Waals surface area contributed by atoms with Gasteiger partial charge in [-0.05, 0) is 51.2 Å². The van der Waals surface area contributed by atoms with Gasteiger partial charge in [0.2, 0.25) is 0 Å². The second-order valence-corrected chi connectivity index (χ2v) is 4.91. The Labute approximate surface area is 108 Å². The van der Waals surface area contributed by atoms with Crippen molar-refractivity contribution in [2.45, 2.75) is 45.1 Å². The van der Waals surface area contributed by atoms with E-state index in [1.165, 1.54) is 0 Å². The average Bonchev–Trinajstić information content (AvgIpc) is 2.82. The Balaban J connectivity index is 2.36. The summed E-state index contributed by atoms with van der Waals surface area (Å²) in [6.45, 7) is 4.38. The summed E-state index contributed by atoms with van der Waals surface area (Å²) in [4.78, 5) is 16.8. The number of nitrogens with two attached hydrogens (primary N) is 1. The number of hydrogen-bond donors (Lipinski definition) is 1. The minimum absolute atomic E-state index is 0.00412. The normalized spacial score (nSPS) is 17.9. The van der Waals surface area contributed by atoms with E-state index in [1.807, 2.05) is 19.9 Å². The number of ether oxygens (including phenoxy) is 1. The topological polar surface area (TPSA) is 65.2 Å². The highest BCUT2D eigenvalue weighted by molar-refractivity contribution is 6.06. The summed E-state index contributed by atoms with van der Waals surface area (Å²) in [5, 5.41) is 0. The van der Waals surface area contributed by atoms with Gasteiger partial charge in [-0.25, -0.2) is 4.98 Å². The number of Topliss-reactive ketones (excluding diaryl/α,β-unsaturated/α-hetero) is 1. The molecule has 0 unspecified atom stereocenters. The number of carbonyl (C=O) groups is 1. The van der Waals surface area contributed by atoms with E-state index in [4.69, 9.17) is 10.5 Å². The summed E-state index contributed by atoms with van der Waals surface area (Å²) in [5.41, 5.74) is 6.60. The maximum absolute atomic E-state index is 12.7. The van der Waals surface area contributed by atoms with Gasteiger partial charge in [0.25, 0.3) is 0 Å². The summed E-state index contributed by atoms with van der Waals surface area (Å²) in [7, 11) is 0. The number of hydrogen-bond acceptors (Lipinski definition) is 4. The first-order valence-corrected chi connectivity index (χ1v) is 6.50. The largest absolute Gasteiger partial charge is 0.383 e. The lowest BCUT2D eigenvalue weighted by Gasteiger charge is -2.27. The molecule has 1 fully saturated rings. The molecule has 0 saturated heterocycles. The van der Waals surface area contributed by atoms with Crippen LogP contribution in [0.3, 0.4) is 0 Å². The van der Waals surface area contributed by atoms with Crippen molar-refractivity contribution in [3.05, 3.63) is 23.4 Å². The molecule has 1 saturated carbocycles. The van der Waals surface area contributed by atoms with Crippen LogP contribution in [0.4, 0.5) is 5.82 Å². The Morgan fingerprint density at radius 3 is 2.78 bits per heavy atom. The molecule has 0 radical (unpaired) electrons. The standard InChI is InChI=1S/C14H20N2O2/c1-3-18-14(6-4-5-7-14)12(17)11-8-10(2)9-16-13(11)15/h8-9H,3-7H2,1-2H3,(H2,15,16). The lowest BCUT2D eigenvalue weighted by Crippen LogP contribution is -2.39. The fraction of sp³-hybridized carbons (Fsp3) is 0.571. The van der Waals surface area contributed by atoms with Gasteiger partial charge in [0.1, 0.15) is 11.4 Å². The van der Waals surface area contributed by atoms with Crippen LogP contribution < -0.4 is 5.73 Å². The quantitative estimate of drug-likeness (QED) is 0.831. The second-order valence-electron chi connectivity index (χ2n) is 4.91. The molecule has 0 amide bonds. The van der Waals surface area contributed by atoms with Crippen molar-refractivity contribution in [3.63, 3.8) is 0 Å². The predicted octanol–water partition coefficient (Wildman–Crippen LogP) is 2.50. The molecule has 1 aromatic rings. The van der Waals surface area contributed by atoms with E-state index in [-0.39, 0.29) is 5.78 Å². The molecule has 0 aliphatic heterocycles. The molecule has 1 aromatic heterocycles. The molecule has 0 aromatic carbocycles. The van der Waals surface area contributed by atoms with Crippen molar-refractivity contribution >= 4 is 11.6 Å². The molecule has 2 rings (SSSR count). The smallest absolute Gasteiger partial charge is 0.198 e. The molecule has 1 heterocycles. The number of rotatable bonds is 4. The first-order valence-electron chi connectivity index (χ1n) is 6.50. The number of aryl methyl sites for hydroxylation is 1. The van der Waals surface area contributed by atoms with Crippen molar-refractivity contribution in [2.24, 2.45) is 0 Å². The second kappa shape index (κ2) is 5.06. The third-order valence-corrected chi connectivity index (χ3v) is 3.55. The van der Waals surface area contributed by atoms with Crippen LogP contribution in [0, 0.1) is 6.92 Å². The van der Waals surface area contributed by atoms with Gasteiger partial charge < -0.3 is 10.5 Å². The minimum Gasteiger partial charge on any atom is -0.383 e. The van der Waals surface area contributed by atoms with E-state index >= 15 is 0 Å². The van der Waals surface area contributed by atoms with Crippen molar-refractivity contribution in [1.82, 2.24) is 4.98 Å². The highest BCUT2D eigenvalue weighted by Crippen LogP contribution is 2.37. The van der Waals surface area contributed by atoms with Gasteiger partial charge in [0.15, 0.2) is 5.78 Å². The lowest BCUT2D eigenvalue weighted by molar-refractivity contribution is -0.0163. The number of carbonyl (C=O) groups excluding carboxylic acids is 1. The molecular weight excluding hydrogens is 228 g/mol. The third-order valence-electron chi connectivity index (χ3n) is 3.55. The van der Waals surface area contributed by atoms with Crippen molar-refractivity contribution in [3.8, 4) is 0 Å². The zero-order valence-corrected chi connectivity index (χ0v) is 11.0. The van der Waals surface area contributed by atoms with Gasteiger partial charge in [0.05, 0.1) is 5.56 Å². The number of pyridine rings is 1. The van der Waals surface area contributed by atoms with Crippen LogP contribution in [0.2, 0.25) is 0 Å². The van der Waals surface area contributed by atoms with Crippen LogP contribution >= 0.6 is 0 Å². The van der Waals surface area contributed by atoms with Crippen LogP contribution in [-0.2, 0) is 4.74 Å². The zero-order valence-electron chi connectivity index (χ0n) is 11.0. The average molecular weight is 248 g/mol. The van der Waals surface area contributed by atoms with Crippen molar-refractivity contribution in [2.75, 3.05) is 12.3 Å². The van der Waals surface area contributed by atoms with Crippen molar-refractivity contribution in [1.29, 1.82) is 0 Å². The summed E-state index contributed by atoms with van der Waals surface area (Å²) < 4.78 is 5.77. The fourth-order valence-electron chi connectivity index (χ4n) is 2.67. The Hall–Kier alpha value is -1.42. The van der Waals surface area contributed by atoms with Gasteiger partial charge in [0, 0.05) is 12.8 Å². The molecule has 4 heteroatoms. The SMILES string of the molecule is CCOC1(C(=O)c2cc(C)cnc2N)CCCC1. The number of nitrogen functional groups attached to an aromatic ring is 1. The Kier molecular flexibility index (Phi) is 3.66. The number of anilines is 1. The molecule has 4 nitrogen and oxygen atoms in total. The maximum atomic E-state index is 12.7. The predicted molar refractivity (Wildman–Crippen MR) is 70.5 cm³/mol. The molecule has 0 bridgehead atoms. The zero-order chi connectivity index (χ0) is 13.2. The maximum Gasteiger partial charge on any atom is 0.198 e. The molecule has 0 atom stereocenters. The molecule has 2 N–H and O–H groups in total. The summed E-state index contributed by atoms with van der Waals surface area (Å²) >= 11 is 0. The molecule has 1 aliphatic rings.